The number of nitrogens with zero attached hydrogens (tertiary/aromatic N) is 5. The zero-order valence-corrected chi connectivity index (χ0v) is 13.7. The highest BCUT2D eigenvalue weighted by molar-refractivity contribution is 5.95. The van der Waals surface area contributed by atoms with Crippen LogP contribution in [0.2, 0.25) is 0 Å². The maximum absolute atomic E-state index is 11.4. The molecule has 0 atom stereocenters. The van der Waals surface area contributed by atoms with Crippen molar-refractivity contribution in [2.75, 3.05) is 0 Å². The summed E-state index contributed by atoms with van der Waals surface area (Å²) in [6.07, 6.45) is 1.71. The molecule has 0 spiro atoms. The Kier molecular flexibility index (Phi) is 4.11. The Morgan fingerprint density at radius 3 is 2.83 bits per heavy atom. The Bertz CT molecular complexity index is 880. The fraction of sp³-hybridized carbons (Fsp3) is 0.312. The second kappa shape index (κ2) is 6.23. The molecular weight excluding hydrogens is 308 g/mol. The van der Waals surface area contributed by atoms with Gasteiger partial charge in [0.2, 0.25) is 0 Å². The summed E-state index contributed by atoms with van der Waals surface area (Å²) in [7, 11) is 0. The first-order valence-electron chi connectivity index (χ1n) is 7.59. The van der Waals surface area contributed by atoms with E-state index < -0.39 is 5.97 Å². The monoisotopic (exact) mass is 326 g/mol. The van der Waals surface area contributed by atoms with Gasteiger partial charge in [-0.25, -0.2) is 14.5 Å². The predicted octanol–water partition coefficient (Wildman–Crippen LogP) is 2.24. The van der Waals surface area contributed by atoms with Crippen LogP contribution >= 0.6 is 0 Å². The van der Waals surface area contributed by atoms with Gasteiger partial charge < -0.3 is 5.11 Å². The third-order valence-electron chi connectivity index (χ3n) is 3.60. The largest absolute Gasteiger partial charge is 0.478 e. The Hall–Kier alpha value is -3.03. The number of aromatic amines is 1. The minimum atomic E-state index is -0.989. The Morgan fingerprint density at radius 2 is 2.17 bits per heavy atom. The normalized spacial score (nSPS) is 11.2. The molecule has 0 aliphatic rings. The number of carboxylic acids is 1. The van der Waals surface area contributed by atoms with Gasteiger partial charge in [-0.1, -0.05) is 30.7 Å². The van der Waals surface area contributed by atoms with E-state index in [1.807, 2.05) is 20.8 Å². The van der Waals surface area contributed by atoms with Crippen molar-refractivity contribution in [1.29, 1.82) is 0 Å². The van der Waals surface area contributed by atoms with Crippen LogP contribution in [0.15, 0.2) is 24.4 Å². The summed E-state index contributed by atoms with van der Waals surface area (Å²) >= 11 is 0. The van der Waals surface area contributed by atoms with Crippen molar-refractivity contribution in [3.05, 3.63) is 47.2 Å². The third kappa shape index (κ3) is 3.17. The van der Waals surface area contributed by atoms with Gasteiger partial charge in [0.25, 0.3) is 0 Å². The molecule has 0 bridgehead atoms. The van der Waals surface area contributed by atoms with E-state index in [-0.39, 0.29) is 11.5 Å². The van der Waals surface area contributed by atoms with Gasteiger partial charge in [0.15, 0.2) is 5.82 Å². The highest BCUT2D eigenvalue weighted by atomic mass is 16.4. The van der Waals surface area contributed by atoms with E-state index in [9.17, 15) is 9.90 Å². The van der Waals surface area contributed by atoms with E-state index in [2.05, 4.69) is 25.5 Å². The van der Waals surface area contributed by atoms with E-state index in [1.54, 1.807) is 29.1 Å². The van der Waals surface area contributed by atoms with Crippen LogP contribution in [-0.4, -0.2) is 41.3 Å². The highest BCUT2D eigenvalue weighted by Gasteiger charge is 2.15. The number of aromatic nitrogens is 6. The van der Waals surface area contributed by atoms with Gasteiger partial charge in [0, 0.05) is 11.5 Å². The minimum Gasteiger partial charge on any atom is -0.478 e. The quantitative estimate of drug-likeness (QED) is 0.744. The number of hydrogen-bond acceptors (Lipinski definition) is 5. The maximum atomic E-state index is 11.4. The number of nitrogens with one attached hydrogen (secondary N) is 1. The lowest BCUT2D eigenvalue weighted by Crippen LogP contribution is -2.02. The van der Waals surface area contributed by atoms with Crippen molar-refractivity contribution in [1.82, 2.24) is 30.2 Å². The molecule has 0 fully saturated rings. The molecule has 1 aromatic carbocycles. The molecule has 0 saturated carbocycles. The van der Waals surface area contributed by atoms with Gasteiger partial charge in [-0.05, 0) is 19.1 Å². The molecule has 8 heteroatoms. The number of rotatable bonds is 5. The molecule has 0 saturated heterocycles. The van der Waals surface area contributed by atoms with E-state index >= 15 is 0 Å². The third-order valence-corrected chi connectivity index (χ3v) is 3.60. The van der Waals surface area contributed by atoms with E-state index in [0.29, 0.717) is 23.6 Å². The van der Waals surface area contributed by atoms with E-state index in [4.69, 9.17) is 0 Å². The Labute approximate surface area is 138 Å². The molecule has 124 valence electrons. The summed E-state index contributed by atoms with van der Waals surface area (Å²) in [5, 5.41) is 24.5. The number of carbonyl (C=O) groups is 1. The molecule has 8 nitrogen and oxygen atoms in total. The second-order valence-corrected chi connectivity index (χ2v) is 5.95. The van der Waals surface area contributed by atoms with Crippen LogP contribution in [0.25, 0.3) is 11.3 Å². The molecule has 0 radical (unpaired) electrons. The summed E-state index contributed by atoms with van der Waals surface area (Å²) in [5.74, 6) is 0.679. The van der Waals surface area contributed by atoms with Crippen LogP contribution in [0.4, 0.5) is 0 Å². The van der Waals surface area contributed by atoms with E-state index in [0.717, 1.165) is 11.4 Å². The van der Waals surface area contributed by atoms with Crippen molar-refractivity contribution in [3.63, 3.8) is 0 Å². The number of hydrogen-bond donors (Lipinski definition) is 2. The topological polar surface area (TPSA) is 110 Å². The van der Waals surface area contributed by atoms with Crippen LogP contribution in [0.5, 0.6) is 0 Å². The molecule has 0 aliphatic carbocycles. The fourth-order valence-corrected chi connectivity index (χ4v) is 2.35. The van der Waals surface area contributed by atoms with Crippen molar-refractivity contribution in [2.45, 2.75) is 33.2 Å². The van der Waals surface area contributed by atoms with Crippen LogP contribution in [-0.2, 0) is 6.54 Å². The van der Waals surface area contributed by atoms with Gasteiger partial charge in [-0.3, -0.25) is 5.10 Å². The van der Waals surface area contributed by atoms with Crippen molar-refractivity contribution in [3.8, 4) is 11.3 Å². The van der Waals surface area contributed by atoms with Gasteiger partial charge >= 0.3 is 5.97 Å². The first-order chi connectivity index (χ1) is 11.4. The number of aromatic carboxylic acids is 1. The lowest BCUT2D eigenvalue weighted by Gasteiger charge is -2.03. The van der Waals surface area contributed by atoms with Gasteiger partial charge in [0.05, 0.1) is 11.8 Å². The lowest BCUT2D eigenvalue weighted by molar-refractivity contribution is 0.0697. The van der Waals surface area contributed by atoms with Crippen molar-refractivity contribution >= 4 is 5.97 Å². The first kappa shape index (κ1) is 15.9. The Balaban J connectivity index is 1.88. The van der Waals surface area contributed by atoms with Gasteiger partial charge in [-0.15, -0.1) is 5.10 Å². The molecule has 3 rings (SSSR count). The molecule has 0 aliphatic heterocycles. The predicted molar refractivity (Wildman–Crippen MR) is 86.7 cm³/mol. The van der Waals surface area contributed by atoms with Crippen molar-refractivity contribution < 1.29 is 9.90 Å². The fourth-order valence-electron chi connectivity index (χ4n) is 2.35. The molecule has 0 amide bonds. The van der Waals surface area contributed by atoms with Crippen molar-refractivity contribution in [2.24, 2.45) is 0 Å². The van der Waals surface area contributed by atoms with Gasteiger partial charge in [0.1, 0.15) is 18.1 Å². The summed E-state index contributed by atoms with van der Waals surface area (Å²) < 4.78 is 1.61. The first-order valence-corrected chi connectivity index (χ1v) is 7.59. The molecule has 24 heavy (non-hydrogen) atoms. The number of carboxylic acid groups (broad SMARTS) is 1. The molecule has 2 heterocycles. The zero-order valence-electron chi connectivity index (χ0n) is 13.7. The second-order valence-electron chi connectivity index (χ2n) is 5.95. The number of aryl methyl sites for hydroxylation is 1. The summed E-state index contributed by atoms with van der Waals surface area (Å²) in [6, 6.07) is 5.14. The average molecular weight is 326 g/mol. The SMILES string of the molecule is Cc1ccc(C(=O)O)c(-c2cn(Cc3nc(C(C)C)n[nH]3)nn2)c1. The molecule has 2 N–H and O–H groups in total. The highest BCUT2D eigenvalue weighted by Crippen LogP contribution is 2.23. The Morgan fingerprint density at radius 1 is 1.38 bits per heavy atom. The molecule has 2 aromatic heterocycles. The standard InChI is InChI=1S/C16H18N6O2/c1-9(2)15-17-14(19-20-15)8-22-7-13(18-21-22)12-6-10(3)4-5-11(12)16(23)24/h4-7,9H,8H2,1-3H3,(H,23,24)(H,17,19,20). The number of benzene rings is 1. The molecular formula is C16H18N6O2. The summed E-state index contributed by atoms with van der Waals surface area (Å²) in [5.41, 5.74) is 2.23. The lowest BCUT2D eigenvalue weighted by atomic mass is 10.0. The summed E-state index contributed by atoms with van der Waals surface area (Å²) in [4.78, 5) is 15.8. The van der Waals surface area contributed by atoms with Crippen LogP contribution in [0.3, 0.4) is 0 Å². The van der Waals surface area contributed by atoms with Crippen LogP contribution < -0.4 is 0 Å². The number of H-pyrrole nitrogens is 1. The van der Waals surface area contributed by atoms with Crippen LogP contribution in [0, 0.1) is 6.92 Å². The minimum absolute atomic E-state index is 0.203. The average Bonchev–Trinajstić information content (AvgIpc) is 3.17. The van der Waals surface area contributed by atoms with Gasteiger partial charge in [-0.2, -0.15) is 5.10 Å². The zero-order chi connectivity index (χ0) is 17.3. The smallest absolute Gasteiger partial charge is 0.336 e. The molecule has 3 aromatic rings. The molecule has 0 unspecified atom stereocenters. The maximum Gasteiger partial charge on any atom is 0.336 e. The van der Waals surface area contributed by atoms with E-state index in [1.165, 1.54) is 0 Å². The van der Waals surface area contributed by atoms with Crippen LogP contribution in [0.1, 0.15) is 47.3 Å². The summed E-state index contributed by atoms with van der Waals surface area (Å²) in [6.45, 7) is 6.33.